The molecule has 1 saturated heterocycles. The van der Waals surface area contributed by atoms with E-state index in [4.69, 9.17) is 9.47 Å². The lowest BCUT2D eigenvalue weighted by atomic mass is 9.65. The molecule has 11 heteroatoms. The summed E-state index contributed by atoms with van der Waals surface area (Å²) in [4.78, 5) is 20.2. The van der Waals surface area contributed by atoms with Gasteiger partial charge in [0, 0.05) is 35.4 Å². The predicted octanol–water partition coefficient (Wildman–Crippen LogP) is 5.81. The Kier molecular flexibility index (Phi) is 6.09. The molecule has 1 amide bonds. The highest BCUT2D eigenvalue weighted by atomic mass is 32.2. The summed E-state index contributed by atoms with van der Waals surface area (Å²) in [7, 11) is -1.79. The Morgan fingerprint density at radius 3 is 2.58 bits per heavy atom. The standard InChI is InChI=1S/C27H32F2N4O4S/c1-16-20(12-11-19-10-9-18(14-31-19)21-8-7-13-30-23(21)36-6)22-17(2)33(24(34)37-25(3,4)5)38(35)27(22,32-38)15-26(16,28)29/h7-14,16-17,20,22H,15H2,1-6H3/b12-11+/t16-,17+,20-,22-,27+,38?/m0/s1. The van der Waals surface area contributed by atoms with E-state index in [1.807, 2.05) is 12.1 Å². The minimum Gasteiger partial charge on any atom is -0.481 e. The zero-order chi connectivity index (χ0) is 27.7. The smallest absolute Gasteiger partial charge is 0.423 e. The van der Waals surface area contributed by atoms with Crippen molar-refractivity contribution in [2.75, 3.05) is 7.11 Å². The van der Waals surface area contributed by atoms with E-state index in [0.29, 0.717) is 11.6 Å². The monoisotopic (exact) mass is 546 g/mol. The number of aromatic nitrogens is 2. The SMILES string of the molecule is COc1ncccc1-c1ccc(/C=C/[C@@H]2[C@@H]3[C@@H](C)N(C(=O)OC(C)(C)C)S4(=O)=N[C@@]34CC(F)(F)[C@H]2C)nc1. The lowest BCUT2D eigenvalue weighted by molar-refractivity contribution is -0.120. The maximum absolute atomic E-state index is 15.3. The molecule has 4 heterocycles. The summed E-state index contributed by atoms with van der Waals surface area (Å²) < 4.78 is 60.6. The van der Waals surface area contributed by atoms with Crippen LogP contribution in [0.1, 0.15) is 46.7 Å². The molecule has 2 fully saturated rings. The van der Waals surface area contributed by atoms with Crippen molar-refractivity contribution in [1.29, 1.82) is 0 Å². The van der Waals surface area contributed by atoms with Crippen LogP contribution in [0.3, 0.4) is 0 Å². The fourth-order valence-corrected chi connectivity index (χ4v) is 8.95. The summed E-state index contributed by atoms with van der Waals surface area (Å²) >= 11 is 0. The van der Waals surface area contributed by atoms with Crippen LogP contribution in [-0.2, 0) is 14.7 Å². The molecule has 0 N–H and O–H groups in total. The van der Waals surface area contributed by atoms with Gasteiger partial charge in [-0.3, -0.25) is 4.98 Å². The van der Waals surface area contributed by atoms with Gasteiger partial charge in [-0.1, -0.05) is 19.1 Å². The van der Waals surface area contributed by atoms with Crippen molar-refractivity contribution in [2.24, 2.45) is 22.1 Å². The third-order valence-electron chi connectivity index (χ3n) is 7.66. The molecule has 1 saturated carbocycles. The lowest BCUT2D eigenvalue weighted by Gasteiger charge is -2.43. The van der Waals surface area contributed by atoms with Gasteiger partial charge in [0.25, 0.3) is 5.92 Å². The van der Waals surface area contributed by atoms with Gasteiger partial charge in [-0.25, -0.2) is 27.1 Å². The van der Waals surface area contributed by atoms with Gasteiger partial charge in [-0.05, 0) is 57.9 Å². The Morgan fingerprint density at radius 1 is 1.21 bits per heavy atom. The molecule has 0 bridgehead atoms. The van der Waals surface area contributed by atoms with Crippen LogP contribution in [0.5, 0.6) is 5.88 Å². The number of rotatable bonds is 4. The predicted molar refractivity (Wildman–Crippen MR) is 140 cm³/mol. The molecule has 2 aromatic rings. The number of methoxy groups -OCH3 is 1. The zero-order valence-electron chi connectivity index (χ0n) is 22.2. The molecule has 3 aliphatic rings. The van der Waals surface area contributed by atoms with E-state index >= 15 is 8.78 Å². The maximum Gasteiger partial charge on any atom is 0.423 e. The van der Waals surface area contributed by atoms with Gasteiger partial charge in [0.1, 0.15) is 5.60 Å². The second-order valence-corrected chi connectivity index (χ2v) is 13.5. The number of ether oxygens (including phenoxy) is 2. The van der Waals surface area contributed by atoms with Crippen LogP contribution in [0.25, 0.3) is 17.2 Å². The zero-order valence-corrected chi connectivity index (χ0v) is 23.0. The largest absolute Gasteiger partial charge is 0.481 e. The normalized spacial score (nSPS) is 33.3. The Bertz CT molecular complexity index is 1410. The highest BCUT2D eigenvalue weighted by Gasteiger charge is 2.79. The van der Waals surface area contributed by atoms with Crippen molar-refractivity contribution in [3.63, 3.8) is 0 Å². The first-order chi connectivity index (χ1) is 17.7. The van der Waals surface area contributed by atoms with E-state index in [9.17, 15) is 9.00 Å². The highest BCUT2D eigenvalue weighted by Crippen LogP contribution is 2.67. The molecule has 2 aliphatic heterocycles. The number of carbonyl (C=O) groups excluding carboxylic acids is 1. The van der Waals surface area contributed by atoms with E-state index in [-0.39, 0.29) is 0 Å². The second kappa shape index (κ2) is 8.72. The molecule has 1 unspecified atom stereocenters. The van der Waals surface area contributed by atoms with Crippen LogP contribution in [0.2, 0.25) is 0 Å². The lowest BCUT2D eigenvalue weighted by Crippen LogP contribution is -2.52. The van der Waals surface area contributed by atoms with Crippen LogP contribution < -0.4 is 4.74 Å². The maximum atomic E-state index is 15.3. The topological polar surface area (TPSA) is 94.0 Å². The highest BCUT2D eigenvalue weighted by molar-refractivity contribution is 7.98. The van der Waals surface area contributed by atoms with Crippen LogP contribution in [0.4, 0.5) is 13.6 Å². The molecule has 204 valence electrons. The Labute approximate surface area is 221 Å². The van der Waals surface area contributed by atoms with E-state index in [0.717, 1.165) is 15.4 Å². The molecule has 1 aliphatic carbocycles. The number of amides is 1. The molecule has 1 spiro atoms. The molecular formula is C27H32F2N4O4S. The van der Waals surface area contributed by atoms with Crippen LogP contribution in [0.15, 0.2) is 47.1 Å². The number of allylic oxidation sites excluding steroid dienone is 1. The number of nitrogens with zero attached hydrogens (tertiary/aromatic N) is 4. The molecule has 6 atom stereocenters. The number of pyridine rings is 2. The number of alkyl halides is 2. The van der Waals surface area contributed by atoms with E-state index in [2.05, 4.69) is 14.3 Å². The minimum atomic E-state index is -3.33. The third-order valence-corrected chi connectivity index (χ3v) is 10.5. The Hall–Kier alpha value is -3.08. The number of hydrogen-bond acceptors (Lipinski definition) is 7. The molecule has 0 aromatic carbocycles. The first-order valence-corrected chi connectivity index (χ1v) is 14.0. The number of halogens is 2. The van der Waals surface area contributed by atoms with Crippen LogP contribution >= 0.6 is 0 Å². The summed E-state index contributed by atoms with van der Waals surface area (Å²) in [6, 6.07) is 6.73. The van der Waals surface area contributed by atoms with Gasteiger partial charge in [0.05, 0.1) is 25.3 Å². The van der Waals surface area contributed by atoms with Crippen molar-refractivity contribution >= 4 is 22.1 Å². The average molecular weight is 547 g/mol. The van der Waals surface area contributed by atoms with Crippen molar-refractivity contribution in [3.8, 4) is 17.0 Å². The van der Waals surface area contributed by atoms with Crippen molar-refractivity contribution < 1.29 is 27.3 Å². The first-order valence-electron chi connectivity index (χ1n) is 12.6. The summed E-state index contributed by atoms with van der Waals surface area (Å²) in [5.41, 5.74) is 1.34. The van der Waals surface area contributed by atoms with Gasteiger partial charge >= 0.3 is 6.09 Å². The summed E-state index contributed by atoms with van der Waals surface area (Å²) in [5.74, 6) is -4.90. The first kappa shape index (κ1) is 26.5. The van der Waals surface area contributed by atoms with Crippen molar-refractivity contribution in [1.82, 2.24) is 14.3 Å². The number of hydrogen-bond donors (Lipinski definition) is 0. The van der Waals surface area contributed by atoms with Gasteiger partial charge < -0.3 is 9.47 Å². The molecular weight excluding hydrogens is 514 g/mol. The van der Waals surface area contributed by atoms with Crippen molar-refractivity contribution in [3.05, 3.63) is 48.4 Å². The summed E-state index contributed by atoms with van der Waals surface area (Å²) in [6.45, 7) is 8.36. The second-order valence-electron chi connectivity index (χ2n) is 11.2. The molecule has 8 nitrogen and oxygen atoms in total. The molecule has 0 radical (unpaired) electrons. The van der Waals surface area contributed by atoms with Gasteiger partial charge in [0.15, 0.2) is 14.8 Å². The van der Waals surface area contributed by atoms with Crippen molar-refractivity contribution in [2.45, 2.75) is 63.5 Å². The molecule has 5 rings (SSSR count). The van der Waals surface area contributed by atoms with Crippen LogP contribution in [-0.4, -0.2) is 54.1 Å². The fourth-order valence-electron chi connectivity index (χ4n) is 5.86. The van der Waals surface area contributed by atoms with E-state index < -0.39 is 62.6 Å². The quantitative estimate of drug-likeness (QED) is 0.481. The minimum absolute atomic E-state index is 0.475. The summed E-state index contributed by atoms with van der Waals surface area (Å²) in [6.07, 6.45) is 5.29. The molecule has 2 aromatic heterocycles. The Morgan fingerprint density at radius 2 is 1.95 bits per heavy atom. The summed E-state index contributed by atoms with van der Waals surface area (Å²) in [5, 5.41) is 0. The third kappa shape index (κ3) is 4.06. The van der Waals surface area contributed by atoms with Gasteiger partial charge in [-0.15, -0.1) is 0 Å². The average Bonchev–Trinajstić information content (AvgIpc) is 3.35. The van der Waals surface area contributed by atoms with Gasteiger partial charge in [0.2, 0.25) is 5.88 Å². The Balaban J connectivity index is 1.45. The molecule has 38 heavy (non-hydrogen) atoms. The fraction of sp³-hybridized carbons (Fsp3) is 0.519. The van der Waals surface area contributed by atoms with Gasteiger partial charge in [-0.2, -0.15) is 4.36 Å². The van der Waals surface area contributed by atoms with E-state index in [1.54, 1.807) is 71.5 Å². The van der Waals surface area contributed by atoms with Crippen LogP contribution in [0, 0.1) is 17.8 Å². The van der Waals surface area contributed by atoms with E-state index in [1.165, 1.54) is 6.92 Å². The number of carbonyl (C=O) groups is 1.